The minimum atomic E-state index is -0.395. The molecule has 0 spiro atoms. The van der Waals surface area contributed by atoms with Gasteiger partial charge in [0.1, 0.15) is 5.75 Å². The maximum absolute atomic E-state index is 12.8. The first kappa shape index (κ1) is 22.8. The van der Waals surface area contributed by atoms with Crippen LogP contribution in [0.3, 0.4) is 0 Å². The maximum atomic E-state index is 12.8. The van der Waals surface area contributed by atoms with Gasteiger partial charge in [-0.25, -0.2) is 9.97 Å². The van der Waals surface area contributed by atoms with Crippen LogP contribution in [0.5, 0.6) is 5.75 Å². The number of ether oxygens (including phenoxy) is 1. The normalized spacial score (nSPS) is 14.1. The van der Waals surface area contributed by atoms with E-state index >= 15 is 0 Å². The molecule has 1 saturated heterocycles. The Morgan fingerprint density at radius 2 is 1.82 bits per heavy atom. The molecule has 0 atom stereocenters. The summed E-state index contributed by atoms with van der Waals surface area (Å²) < 4.78 is 8.27. The number of anilines is 1. The molecule has 0 aliphatic carbocycles. The highest BCUT2D eigenvalue weighted by atomic mass is 32.2. The number of nitrogens with zero attached hydrogens (tertiary/aromatic N) is 5. The van der Waals surface area contributed by atoms with Gasteiger partial charge < -0.3 is 14.5 Å². The summed E-state index contributed by atoms with van der Waals surface area (Å²) in [6.45, 7) is 5.17. The molecule has 1 aliphatic heterocycles. The average Bonchev–Trinajstić information content (AvgIpc) is 3.45. The molecule has 0 radical (unpaired) electrons. The predicted octanol–water partition coefficient (Wildman–Crippen LogP) is 4.65. The van der Waals surface area contributed by atoms with Crippen molar-refractivity contribution in [1.29, 1.82) is 0 Å². The Morgan fingerprint density at radius 1 is 1.09 bits per heavy atom. The molecule has 2 aromatic carbocycles. The van der Waals surface area contributed by atoms with Gasteiger partial charge in [0.25, 0.3) is 5.69 Å². The summed E-state index contributed by atoms with van der Waals surface area (Å²) in [5.41, 5.74) is 1.74. The first-order valence-electron chi connectivity index (χ1n) is 10.7. The summed E-state index contributed by atoms with van der Waals surface area (Å²) in [6.07, 6.45) is 0. The highest BCUT2D eigenvalue weighted by Crippen LogP contribution is 2.33. The van der Waals surface area contributed by atoms with E-state index < -0.39 is 4.92 Å². The van der Waals surface area contributed by atoms with E-state index in [9.17, 15) is 14.9 Å². The third-order valence-corrected chi connectivity index (χ3v) is 8.67. The Bertz CT molecular complexity index is 1360. The summed E-state index contributed by atoms with van der Waals surface area (Å²) in [5.74, 6) is 1.28. The number of nitro groups is 1. The van der Waals surface area contributed by atoms with E-state index in [4.69, 9.17) is 4.74 Å². The summed E-state index contributed by atoms with van der Waals surface area (Å²) in [6, 6.07) is 10.6. The van der Waals surface area contributed by atoms with E-state index in [-0.39, 0.29) is 11.6 Å². The average molecular weight is 516 g/mol. The summed E-state index contributed by atoms with van der Waals surface area (Å²) in [7, 11) is 0. The molecular formula is C22H21N5O4S3. The summed E-state index contributed by atoms with van der Waals surface area (Å²) in [5, 5.41) is 11.8. The molecule has 12 heteroatoms. The van der Waals surface area contributed by atoms with Crippen molar-refractivity contribution in [2.75, 3.05) is 43.4 Å². The van der Waals surface area contributed by atoms with Gasteiger partial charge in [-0.1, -0.05) is 23.1 Å². The topological polar surface area (TPSA) is 102 Å². The Kier molecular flexibility index (Phi) is 6.53. The number of hydrogen-bond donors (Lipinski definition) is 0. The maximum Gasteiger partial charge on any atom is 0.270 e. The fraction of sp³-hybridized carbons (Fsp3) is 0.318. The smallest absolute Gasteiger partial charge is 0.270 e. The zero-order chi connectivity index (χ0) is 23.7. The first-order chi connectivity index (χ1) is 16.5. The number of piperazine rings is 1. The number of benzene rings is 2. The number of non-ortho nitro benzene ring substituents is 1. The Morgan fingerprint density at radius 3 is 2.59 bits per heavy atom. The van der Waals surface area contributed by atoms with Gasteiger partial charge in [0.15, 0.2) is 9.47 Å². The molecule has 176 valence electrons. The molecule has 4 aromatic rings. The van der Waals surface area contributed by atoms with Crippen LogP contribution >= 0.6 is 34.4 Å². The zero-order valence-electron chi connectivity index (χ0n) is 18.3. The van der Waals surface area contributed by atoms with Crippen LogP contribution in [-0.2, 0) is 4.79 Å². The quantitative estimate of drug-likeness (QED) is 0.199. The van der Waals surface area contributed by atoms with Gasteiger partial charge in [-0.2, -0.15) is 0 Å². The van der Waals surface area contributed by atoms with Crippen molar-refractivity contribution >= 4 is 71.6 Å². The number of thiazole rings is 2. The van der Waals surface area contributed by atoms with Crippen molar-refractivity contribution in [3.63, 3.8) is 0 Å². The molecule has 34 heavy (non-hydrogen) atoms. The molecule has 2 aromatic heterocycles. The summed E-state index contributed by atoms with van der Waals surface area (Å²) in [4.78, 5) is 36.6. The lowest BCUT2D eigenvalue weighted by Crippen LogP contribution is -2.49. The number of carbonyl (C=O) groups excluding carboxylic acids is 1. The number of amides is 1. The van der Waals surface area contributed by atoms with E-state index in [0.717, 1.165) is 35.7 Å². The molecule has 5 rings (SSSR count). The Hall–Kier alpha value is -2.96. The summed E-state index contributed by atoms with van der Waals surface area (Å²) >= 11 is 4.48. The minimum absolute atomic E-state index is 0.0680. The molecule has 0 unspecified atom stereocenters. The van der Waals surface area contributed by atoms with Crippen molar-refractivity contribution in [1.82, 2.24) is 14.9 Å². The van der Waals surface area contributed by atoms with Crippen molar-refractivity contribution in [3.05, 3.63) is 46.5 Å². The Balaban J connectivity index is 1.16. The standard InChI is InChI=1S/C22H21N5O4S3/c1-2-31-15-4-6-17-19(12-15)34-22(24-17)32-13-20(28)25-7-9-26(10-8-25)21-23-16-5-3-14(27(29)30)11-18(16)33-21/h3-6,11-12H,2,7-10,13H2,1H3. The zero-order valence-corrected chi connectivity index (χ0v) is 20.8. The molecule has 0 N–H and O–H groups in total. The fourth-order valence-electron chi connectivity index (χ4n) is 3.71. The van der Waals surface area contributed by atoms with Gasteiger partial charge in [0.05, 0.1) is 37.7 Å². The molecule has 1 aliphatic rings. The first-order valence-corrected chi connectivity index (χ1v) is 13.4. The second-order valence-corrected chi connectivity index (χ2v) is 10.9. The van der Waals surface area contributed by atoms with Gasteiger partial charge in [0.2, 0.25) is 5.91 Å². The van der Waals surface area contributed by atoms with Gasteiger partial charge in [-0.05, 0) is 31.2 Å². The molecule has 9 nitrogen and oxygen atoms in total. The van der Waals surface area contributed by atoms with Crippen LogP contribution in [0.2, 0.25) is 0 Å². The monoisotopic (exact) mass is 515 g/mol. The number of carbonyl (C=O) groups is 1. The van der Waals surface area contributed by atoms with Crippen LogP contribution in [0.4, 0.5) is 10.8 Å². The third kappa shape index (κ3) is 4.79. The molecule has 0 saturated carbocycles. The van der Waals surface area contributed by atoms with Gasteiger partial charge in [0, 0.05) is 38.3 Å². The third-order valence-electron chi connectivity index (χ3n) is 5.44. The van der Waals surface area contributed by atoms with Crippen LogP contribution in [-0.4, -0.2) is 64.2 Å². The van der Waals surface area contributed by atoms with Crippen molar-refractivity contribution in [2.45, 2.75) is 11.3 Å². The van der Waals surface area contributed by atoms with E-state index in [1.165, 1.54) is 29.2 Å². The van der Waals surface area contributed by atoms with E-state index in [0.29, 0.717) is 38.5 Å². The number of thioether (sulfide) groups is 1. The molecule has 0 bridgehead atoms. The van der Waals surface area contributed by atoms with Crippen LogP contribution in [0.1, 0.15) is 6.92 Å². The number of nitro benzene ring substituents is 1. The van der Waals surface area contributed by atoms with Crippen molar-refractivity contribution in [2.24, 2.45) is 0 Å². The van der Waals surface area contributed by atoms with Crippen LogP contribution < -0.4 is 9.64 Å². The van der Waals surface area contributed by atoms with Crippen molar-refractivity contribution < 1.29 is 14.5 Å². The molecule has 3 heterocycles. The lowest BCUT2D eigenvalue weighted by atomic mass is 10.3. The van der Waals surface area contributed by atoms with Gasteiger partial charge in [-0.3, -0.25) is 14.9 Å². The molecule has 1 amide bonds. The van der Waals surface area contributed by atoms with E-state index in [1.807, 2.05) is 30.0 Å². The van der Waals surface area contributed by atoms with E-state index in [1.54, 1.807) is 23.5 Å². The number of hydrogen-bond acceptors (Lipinski definition) is 10. The fourth-order valence-corrected chi connectivity index (χ4v) is 6.76. The lowest BCUT2D eigenvalue weighted by Gasteiger charge is -2.34. The largest absolute Gasteiger partial charge is 0.494 e. The number of fused-ring (bicyclic) bond motifs is 2. The predicted molar refractivity (Wildman–Crippen MR) is 137 cm³/mol. The highest BCUT2D eigenvalue weighted by molar-refractivity contribution is 8.01. The SMILES string of the molecule is CCOc1ccc2nc(SCC(=O)N3CCN(c4nc5ccc([N+](=O)[O-])cc5s4)CC3)sc2c1. The second kappa shape index (κ2) is 9.72. The van der Waals surface area contributed by atoms with Crippen LogP contribution in [0.15, 0.2) is 40.7 Å². The molecule has 1 fully saturated rings. The molecular weight excluding hydrogens is 494 g/mol. The van der Waals surface area contributed by atoms with E-state index in [2.05, 4.69) is 14.9 Å². The van der Waals surface area contributed by atoms with Crippen LogP contribution in [0, 0.1) is 10.1 Å². The van der Waals surface area contributed by atoms with Gasteiger partial charge >= 0.3 is 0 Å². The van der Waals surface area contributed by atoms with Crippen LogP contribution in [0.25, 0.3) is 20.4 Å². The Labute approximate surface area is 207 Å². The second-order valence-electron chi connectivity index (χ2n) is 7.60. The van der Waals surface area contributed by atoms with Crippen molar-refractivity contribution in [3.8, 4) is 5.75 Å². The highest BCUT2D eigenvalue weighted by Gasteiger charge is 2.24. The lowest BCUT2D eigenvalue weighted by molar-refractivity contribution is -0.384. The minimum Gasteiger partial charge on any atom is -0.494 e. The van der Waals surface area contributed by atoms with Gasteiger partial charge in [-0.15, -0.1) is 11.3 Å². The number of aromatic nitrogens is 2. The number of rotatable bonds is 7.